The minimum absolute atomic E-state index is 0.403. The summed E-state index contributed by atoms with van der Waals surface area (Å²) in [6.07, 6.45) is 6.17. The van der Waals surface area contributed by atoms with Crippen LogP contribution in [0.5, 0.6) is 0 Å². The minimum Gasteiger partial charge on any atom is -0.381 e. The van der Waals surface area contributed by atoms with Gasteiger partial charge in [-0.25, -0.2) is 0 Å². The van der Waals surface area contributed by atoms with E-state index in [1.54, 1.807) is 0 Å². The number of rotatable bonds is 6. The average molecular weight is 199 g/mol. The Hall–Kier alpha value is -0.0800. The molecule has 2 nitrogen and oxygen atoms in total. The summed E-state index contributed by atoms with van der Waals surface area (Å²) in [6, 6.07) is 0.403. The number of nitrogens with two attached hydrogens (primary N) is 1. The standard InChI is InChI=1S/C12H25NO/c1-10(2)4-3-5-12(13)8-11-6-7-14-9-11/h10-12H,3-9,13H2,1-2H3. The molecular formula is C12H25NO. The summed E-state index contributed by atoms with van der Waals surface area (Å²) in [4.78, 5) is 0. The maximum Gasteiger partial charge on any atom is 0.0495 e. The van der Waals surface area contributed by atoms with Gasteiger partial charge < -0.3 is 10.5 Å². The van der Waals surface area contributed by atoms with Crippen LogP contribution in [0.15, 0.2) is 0 Å². The second kappa shape index (κ2) is 6.41. The highest BCUT2D eigenvalue weighted by Gasteiger charge is 2.18. The van der Waals surface area contributed by atoms with Gasteiger partial charge in [-0.3, -0.25) is 0 Å². The van der Waals surface area contributed by atoms with Crippen LogP contribution in [0.4, 0.5) is 0 Å². The lowest BCUT2D eigenvalue weighted by molar-refractivity contribution is 0.182. The lowest BCUT2D eigenvalue weighted by Gasteiger charge is -2.15. The summed E-state index contributed by atoms with van der Waals surface area (Å²) in [5.41, 5.74) is 6.08. The van der Waals surface area contributed by atoms with E-state index in [9.17, 15) is 0 Å². The first-order chi connectivity index (χ1) is 6.68. The van der Waals surface area contributed by atoms with Gasteiger partial charge in [0.05, 0.1) is 0 Å². The van der Waals surface area contributed by atoms with Gasteiger partial charge in [0.25, 0.3) is 0 Å². The fraction of sp³-hybridized carbons (Fsp3) is 1.00. The molecule has 1 aliphatic heterocycles. The van der Waals surface area contributed by atoms with Gasteiger partial charge in [-0.2, -0.15) is 0 Å². The molecule has 1 fully saturated rings. The average Bonchev–Trinajstić information content (AvgIpc) is 2.56. The lowest BCUT2D eigenvalue weighted by Crippen LogP contribution is -2.23. The minimum atomic E-state index is 0.403. The van der Waals surface area contributed by atoms with Gasteiger partial charge >= 0.3 is 0 Å². The van der Waals surface area contributed by atoms with E-state index in [2.05, 4.69) is 13.8 Å². The van der Waals surface area contributed by atoms with E-state index in [1.165, 1.54) is 25.7 Å². The number of ether oxygens (including phenoxy) is 1. The predicted molar refractivity (Wildman–Crippen MR) is 60.2 cm³/mol. The van der Waals surface area contributed by atoms with Gasteiger partial charge in [0.1, 0.15) is 0 Å². The van der Waals surface area contributed by atoms with Gasteiger partial charge in [0.2, 0.25) is 0 Å². The first-order valence-corrected chi connectivity index (χ1v) is 6.01. The van der Waals surface area contributed by atoms with Crippen molar-refractivity contribution in [3.05, 3.63) is 0 Å². The molecular weight excluding hydrogens is 174 g/mol. The Morgan fingerprint density at radius 1 is 1.36 bits per heavy atom. The van der Waals surface area contributed by atoms with Crippen molar-refractivity contribution in [2.75, 3.05) is 13.2 Å². The van der Waals surface area contributed by atoms with Crippen molar-refractivity contribution in [1.29, 1.82) is 0 Å². The Balaban J connectivity index is 2.00. The summed E-state index contributed by atoms with van der Waals surface area (Å²) >= 11 is 0. The molecule has 1 aliphatic rings. The summed E-state index contributed by atoms with van der Waals surface area (Å²) in [6.45, 7) is 6.44. The summed E-state index contributed by atoms with van der Waals surface area (Å²) in [5, 5.41) is 0. The van der Waals surface area contributed by atoms with E-state index < -0.39 is 0 Å². The normalized spacial score (nSPS) is 24.4. The zero-order chi connectivity index (χ0) is 10.4. The molecule has 1 heterocycles. The van der Waals surface area contributed by atoms with Gasteiger partial charge in [-0.15, -0.1) is 0 Å². The van der Waals surface area contributed by atoms with Crippen LogP contribution in [0.2, 0.25) is 0 Å². The third-order valence-corrected chi connectivity index (χ3v) is 3.02. The highest BCUT2D eigenvalue weighted by Crippen LogP contribution is 2.19. The first kappa shape index (κ1) is 12.0. The second-order valence-electron chi connectivity index (χ2n) is 5.05. The molecule has 2 heteroatoms. The van der Waals surface area contributed by atoms with Crippen LogP contribution in [-0.4, -0.2) is 19.3 Å². The topological polar surface area (TPSA) is 35.2 Å². The van der Waals surface area contributed by atoms with E-state index in [4.69, 9.17) is 10.5 Å². The highest BCUT2D eigenvalue weighted by atomic mass is 16.5. The Morgan fingerprint density at radius 2 is 2.14 bits per heavy atom. The first-order valence-electron chi connectivity index (χ1n) is 6.01. The fourth-order valence-corrected chi connectivity index (χ4v) is 2.10. The lowest BCUT2D eigenvalue weighted by atomic mass is 9.95. The van der Waals surface area contributed by atoms with Gasteiger partial charge in [0, 0.05) is 19.3 Å². The summed E-state index contributed by atoms with van der Waals surface area (Å²) < 4.78 is 5.35. The Kier molecular flexibility index (Phi) is 5.49. The molecule has 0 aromatic carbocycles. The molecule has 0 aliphatic carbocycles. The van der Waals surface area contributed by atoms with E-state index >= 15 is 0 Å². The summed E-state index contributed by atoms with van der Waals surface area (Å²) in [5.74, 6) is 1.56. The quantitative estimate of drug-likeness (QED) is 0.713. The molecule has 0 amide bonds. The van der Waals surface area contributed by atoms with Crippen LogP contribution in [0.3, 0.4) is 0 Å². The van der Waals surface area contributed by atoms with Crippen LogP contribution in [-0.2, 0) is 4.74 Å². The monoisotopic (exact) mass is 199 g/mol. The zero-order valence-electron chi connectivity index (χ0n) is 9.67. The van der Waals surface area contributed by atoms with Crippen molar-refractivity contribution in [1.82, 2.24) is 0 Å². The molecule has 84 valence electrons. The van der Waals surface area contributed by atoms with Crippen LogP contribution in [0.1, 0.15) is 46.0 Å². The Labute approximate surface area is 88.2 Å². The van der Waals surface area contributed by atoms with E-state index in [-0.39, 0.29) is 0 Å². The molecule has 1 rings (SSSR count). The Bertz CT molecular complexity index is 141. The van der Waals surface area contributed by atoms with Crippen molar-refractivity contribution < 1.29 is 4.74 Å². The fourth-order valence-electron chi connectivity index (χ4n) is 2.10. The molecule has 0 aromatic heterocycles. The molecule has 2 atom stereocenters. The van der Waals surface area contributed by atoms with Crippen LogP contribution in [0, 0.1) is 11.8 Å². The van der Waals surface area contributed by atoms with Crippen molar-refractivity contribution in [2.45, 2.75) is 52.0 Å². The van der Waals surface area contributed by atoms with Crippen LogP contribution in [0.25, 0.3) is 0 Å². The van der Waals surface area contributed by atoms with E-state index in [0.29, 0.717) is 6.04 Å². The van der Waals surface area contributed by atoms with Crippen LogP contribution < -0.4 is 5.73 Å². The number of hydrogen-bond donors (Lipinski definition) is 1. The third kappa shape index (κ3) is 4.97. The molecule has 14 heavy (non-hydrogen) atoms. The highest BCUT2D eigenvalue weighted by molar-refractivity contribution is 4.71. The second-order valence-corrected chi connectivity index (χ2v) is 5.05. The van der Waals surface area contributed by atoms with Crippen molar-refractivity contribution in [3.8, 4) is 0 Å². The van der Waals surface area contributed by atoms with Gasteiger partial charge in [0.15, 0.2) is 0 Å². The molecule has 1 saturated heterocycles. The smallest absolute Gasteiger partial charge is 0.0495 e. The molecule has 0 bridgehead atoms. The largest absolute Gasteiger partial charge is 0.381 e. The predicted octanol–water partition coefficient (Wildman–Crippen LogP) is 2.57. The van der Waals surface area contributed by atoms with Crippen LogP contribution >= 0.6 is 0 Å². The molecule has 0 spiro atoms. The van der Waals surface area contributed by atoms with Crippen molar-refractivity contribution in [2.24, 2.45) is 17.6 Å². The zero-order valence-corrected chi connectivity index (χ0v) is 9.67. The summed E-state index contributed by atoms with van der Waals surface area (Å²) in [7, 11) is 0. The van der Waals surface area contributed by atoms with Gasteiger partial charge in [-0.05, 0) is 31.1 Å². The molecule has 0 aromatic rings. The Morgan fingerprint density at radius 3 is 2.71 bits per heavy atom. The molecule has 2 N–H and O–H groups in total. The van der Waals surface area contributed by atoms with E-state index in [0.717, 1.165) is 31.5 Å². The number of hydrogen-bond acceptors (Lipinski definition) is 2. The van der Waals surface area contributed by atoms with Gasteiger partial charge in [-0.1, -0.05) is 26.7 Å². The third-order valence-electron chi connectivity index (χ3n) is 3.02. The van der Waals surface area contributed by atoms with Crippen molar-refractivity contribution in [3.63, 3.8) is 0 Å². The van der Waals surface area contributed by atoms with Crippen molar-refractivity contribution >= 4 is 0 Å². The molecule has 2 unspecified atom stereocenters. The SMILES string of the molecule is CC(C)CCCC(N)CC1CCOC1. The molecule has 0 radical (unpaired) electrons. The maximum atomic E-state index is 6.08. The maximum absolute atomic E-state index is 6.08. The van der Waals surface area contributed by atoms with E-state index in [1.807, 2.05) is 0 Å². The molecule has 0 saturated carbocycles.